The highest BCUT2D eigenvalue weighted by molar-refractivity contribution is 7.09. The third kappa shape index (κ3) is 6.09. The molecule has 0 saturated carbocycles. The normalized spacial score (nSPS) is 11.8. The topological polar surface area (TPSA) is 62.2 Å². The molecule has 0 saturated heterocycles. The molecule has 5 nitrogen and oxygen atoms in total. The van der Waals surface area contributed by atoms with Gasteiger partial charge in [-0.15, -0.1) is 11.3 Å². The molecule has 0 spiro atoms. The smallest absolute Gasteiger partial charge is 0.191 e. The second kappa shape index (κ2) is 9.59. The molecule has 0 unspecified atom stereocenters. The van der Waals surface area contributed by atoms with Crippen molar-refractivity contribution in [2.75, 3.05) is 13.1 Å². The number of guanidine groups is 1. The molecule has 0 aliphatic rings. The Morgan fingerprint density at radius 1 is 1.33 bits per heavy atom. The lowest BCUT2D eigenvalue weighted by Crippen LogP contribution is -2.38. The highest BCUT2D eigenvalue weighted by atomic mass is 35.5. The number of pyridine rings is 1. The van der Waals surface area contributed by atoms with Gasteiger partial charge in [0.2, 0.25) is 0 Å². The quantitative estimate of drug-likeness (QED) is 0.447. The third-order valence-corrected chi connectivity index (χ3v) is 4.72. The number of thiazole rings is 1. The standard InChI is InChI=1S/C17H24ClN5S/c1-4-19-17(20-8-7-13-5-6-15(18)21-9-13)22-10-14-11-24-16(23-14)12(2)3/h5-6,9,11-12H,4,7-8,10H2,1-3H3,(H2,19,20,22). The molecule has 0 aromatic carbocycles. The van der Waals surface area contributed by atoms with Crippen LogP contribution in [-0.4, -0.2) is 29.0 Å². The Kier molecular flexibility index (Phi) is 7.46. The van der Waals surface area contributed by atoms with E-state index in [1.165, 1.54) is 0 Å². The van der Waals surface area contributed by atoms with Gasteiger partial charge in [0.1, 0.15) is 5.15 Å². The maximum atomic E-state index is 5.80. The summed E-state index contributed by atoms with van der Waals surface area (Å²) in [7, 11) is 0. The summed E-state index contributed by atoms with van der Waals surface area (Å²) in [6, 6.07) is 3.80. The van der Waals surface area contributed by atoms with Gasteiger partial charge in [0, 0.05) is 30.6 Å². The van der Waals surface area contributed by atoms with Crippen molar-refractivity contribution < 1.29 is 0 Å². The van der Waals surface area contributed by atoms with Crippen LogP contribution in [0, 0.1) is 0 Å². The lowest BCUT2D eigenvalue weighted by atomic mass is 10.2. The summed E-state index contributed by atoms with van der Waals surface area (Å²) in [4.78, 5) is 13.3. The van der Waals surface area contributed by atoms with Gasteiger partial charge in [-0.05, 0) is 25.0 Å². The van der Waals surface area contributed by atoms with Crippen molar-refractivity contribution in [2.45, 2.75) is 39.7 Å². The van der Waals surface area contributed by atoms with Crippen LogP contribution >= 0.6 is 22.9 Å². The Hall–Kier alpha value is -1.66. The molecule has 0 bridgehead atoms. The fourth-order valence-corrected chi connectivity index (χ4v) is 2.98. The number of rotatable bonds is 7. The second-order valence-corrected chi connectivity index (χ2v) is 6.97. The third-order valence-electron chi connectivity index (χ3n) is 3.30. The van der Waals surface area contributed by atoms with Gasteiger partial charge in [-0.1, -0.05) is 31.5 Å². The fraction of sp³-hybridized carbons (Fsp3) is 0.471. The Morgan fingerprint density at radius 2 is 2.17 bits per heavy atom. The number of aliphatic imine (C=N–C) groups is 1. The molecule has 0 atom stereocenters. The van der Waals surface area contributed by atoms with Gasteiger partial charge in [-0.25, -0.2) is 15.0 Å². The molecule has 2 aromatic rings. The van der Waals surface area contributed by atoms with E-state index < -0.39 is 0 Å². The highest BCUT2D eigenvalue weighted by Crippen LogP contribution is 2.19. The van der Waals surface area contributed by atoms with E-state index in [4.69, 9.17) is 11.6 Å². The first-order valence-corrected chi connectivity index (χ1v) is 9.41. The number of aromatic nitrogens is 2. The first-order valence-electron chi connectivity index (χ1n) is 8.15. The zero-order valence-corrected chi connectivity index (χ0v) is 15.9. The van der Waals surface area contributed by atoms with Gasteiger partial charge in [0.05, 0.1) is 17.2 Å². The van der Waals surface area contributed by atoms with Crippen molar-refractivity contribution in [2.24, 2.45) is 4.99 Å². The molecule has 2 heterocycles. The van der Waals surface area contributed by atoms with Gasteiger partial charge in [0.25, 0.3) is 0 Å². The van der Waals surface area contributed by atoms with Crippen molar-refractivity contribution >= 4 is 28.9 Å². The summed E-state index contributed by atoms with van der Waals surface area (Å²) in [5, 5.41) is 10.4. The van der Waals surface area contributed by atoms with E-state index in [-0.39, 0.29) is 0 Å². The van der Waals surface area contributed by atoms with Crippen LogP contribution in [0.5, 0.6) is 0 Å². The summed E-state index contributed by atoms with van der Waals surface area (Å²) >= 11 is 7.50. The van der Waals surface area contributed by atoms with Crippen molar-refractivity contribution in [3.8, 4) is 0 Å². The summed E-state index contributed by atoms with van der Waals surface area (Å²) in [5.41, 5.74) is 2.16. The Bertz CT molecular complexity index is 651. The number of nitrogens with one attached hydrogen (secondary N) is 2. The summed E-state index contributed by atoms with van der Waals surface area (Å²) in [6.07, 6.45) is 2.67. The van der Waals surface area contributed by atoms with Crippen LogP contribution in [0.25, 0.3) is 0 Å². The first-order chi connectivity index (χ1) is 11.6. The van der Waals surface area contributed by atoms with E-state index in [2.05, 4.69) is 51.7 Å². The van der Waals surface area contributed by atoms with Gasteiger partial charge in [-0.3, -0.25) is 0 Å². The molecule has 24 heavy (non-hydrogen) atoms. The number of halogens is 1. The minimum atomic E-state index is 0.465. The Balaban J connectivity index is 1.86. The Labute approximate surface area is 152 Å². The predicted molar refractivity (Wildman–Crippen MR) is 102 cm³/mol. The maximum Gasteiger partial charge on any atom is 0.191 e. The minimum absolute atomic E-state index is 0.465. The molecule has 2 N–H and O–H groups in total. The summed E-state index contributed by atoms with van der Waals surface area (Å²) < 4.78 is 0. The number of hydrogen-bond donors (Lipinski definition) is 2. The SMILES string of the molecule is CCNC(=NCc1csc(C(C)C)n1)NCCc1ccc(Cl)nc1. The average Bonchev–Trinajstić information content (AvgIpc) is 3.04. The van der Waals surface area contributed by atoms with Gasteiger partial charge in [0.15, 0.2) is 5.96 Å². The molecule has 0 aliphatic carbocycles. The second-order valence-electron chi connectivity index (χ2n) is 5.69. The van der Waals surface area contributed by atoms with E-state index in [9.17, 15) is 0 Å². The van der Waals surface area contributed by atoms with E-state index in [1.807, 2.05) is 12.1 Å². The van der Waals surface area contributed by atoms with Gasteiger partial charge < -0.3 is 10.6 Å². The first kappa shape index (κ1) is 18.7. The van der Waals surface area contributed by atoms with Crippen LogP contribution in [0.3, 0.4) is 0 Å². The fourth-order valence-electron chi connectivity index (χ4n) is 2.04. The van der Waals surface area contributed by atoms with Crippen LogP contribution < -0.4 is 10.6 Å². The molecule has 0 aliphatic heterocycles. The van der Waals surface area contributed by atoms with Crippen molar-refractivity contribution in [1.29, 1.82) is 0 Å². The van der Waals surface area contributed by atoms with Crippen LogP contribution in [0.15, 0.2) is 28.7 Å². The zero-order valence-electron chi connectivity index (χ0n) is 14.3. The molecule has 0 amide bonds. The largest absolute Gasteiger partial charge is 0.357 e. The van der Waals surface area contributed by atoms with Crippen molar-refractivity contribution in [1.82, 2.24) is 20.6 Å². The summed E-state index contributed by atoms with van der Waals surface area (Å²) in [5.74, 6) is 1.27. The van der Waals surface area contributed by atoms with E-state index in [0.717, 1.165) is 41.7 Å². The number of nitrogens with zero attached hydrogens (tertiary/aromatic N) is 3. The van der Waals surface area contributed by atoms with E-state index >= 15 is 0 Å². The lowest BCUT2D eigenvalue weighted by molar-refractivity contribution is 0.792. The molecule has 7 heteroatoms. The van der Waals surface area contributed by atoms with E-state index in [1.54, 1.807) is 17.5 Å². The monoisotopic (exact) mass is 365 g/mol. The molecule has 0 radical (unpaired) electrons. The predicted octanol–water partition coefficient (Wildman–Crippen LogP) is 3.61. The molecule has 2 aromatic heterocycles. The number of hydrogen-bond acceptors (Lipinski definition) is 4. The average molecular weight is 366 g/mol. The molecule has 130 valence electrons. The molecule has 2 rings (SSSR count). The van der Waals surface area contributed by atoms with Crippen LogP contribution in [0.1, 0.15) is 43.0 Å². The molecule has 0 fully saturated rings. The van der Waals surface area contributed by atoms with Crippen LogP contribution in [-0.2, 0) is 13.0 Å². The van der Waals surface area contributed by atoms with Gasteiger partial charge >= 0.3 is 0 Å². The van der Waals surface area contributed by atoms with Crippen LogP contribution in [0.2, 0.25) is 5.15 Å². The molecular formula is C17H24ClN5S. The maximum absolute atomic E-state index is 5.80. The molecular weight excluding hydrogens is 342 g/mol. The van der Waals surface area contributed by atoms with Crippen molar-refractivity contribution in [3.63, 3.8) is 0 Å². The minimum Gasteiger partial charge on any atom is -0.357 e. The Morgan fingerprint density at radius 3 is 2.79 bits per heavy atom. The van der Waals surface area contributed by atoms with Crippen molar-refractivity contribution in [3.05, 3.63) is 45.1 Å². The van der Waals surface area contributed by atoms with Crippen LogP contribution in [0.4, 0.5) is 0 Å². The zero-order chi connectivity index (χ0) is 17.4. The summed E-state index contributed by atoms with van der Waals surface area (Å²) in [6.45, 7) is 8.55. The van der Waals surface area contributed by atoms with E-state index in [0.29, 0.717) is 17.6 Å². The highest BCUT2D eigenvalue weighted by Gasteiger charge is 2.06. The lowest BCUT2D eigenvalue weighted by Gasteiger charge is -2.11. The van der Waals surface area contributed by atoms with Gasteiger partial charge in [-0.2, -0.15) is 0 Å².